The summed E-state index contributed by atoms with van der Waals surface area (Å²) in [6, 6.07) is 10.6. The number of benzene rings is 2. The molecule has 2 fully saturated rings. The van der Waals surface area contributed by atoms with Gasteiger partial charge in [-0.05, 0) is 43.5 Å². The van der Waals surface area contributed by atoms with Crippen molar-refractivity contribution >= 4 is 5.91 Å². The van der Waals surface area contributed by atoms with Crippen molar-refractivity contribution in [3.63, 3.8) is 0 Å². The zero-order valence-corrected chi connectivity index (χ0v) is 19.8. The number of carbonyl (C=O) groups excluding carboxylic acids is 1. The maximum Gasteiger partial charge on any atom is 0.258 e. The minimum Gasteiger partial charge on any atom is -0.497 e. The molecule has 178 valence electrons. The summed E-state index contributed by atoms with van der Waals surface area (Å²) in [6.45, 7) is 0.445. The third kappa shape index (κ3) is 4.22. The molecule has 2 aromatic carbocycles. The maximum absolute atomic E-state index is 13.9. The van der Waals surface area contributed by atoms with Crippen LogP contribution in [0.4, 0.5) is 0 Å². The summed E-state index contributed by atoms with van der Waals surface area (Å²) in [4.78, 5) is 15.8. The van der Waals surface area contributed by atoms with Crippen molar-refractivity contribution in [1.29, 1.82) is 0 Å². The normalized spacial score (nSPS) is 24.6. The van der Waals surface area contributed by atoms with E-state index >= 15 is 0 Å². The van der Waals surface area contributed by atoms with E-state index in [-0.39, 0.29) is 17.9 Å². The van der Waals surface area contributed by atoms with Gasteiger partial charge in [0.15, 0.2) is 0 Å². The van der Waals surface area contributed by atoms with Gasteiger partial charge in [-0.1, -0.05) is 12.8 Å². The number of rotatable bonds is 6. The van der Waals surface area contributed by atoms with Crippen LogP contribution in [0.2, 0.25) is 0 Å². The molecule has 1 N–H and O–H groups in total. The lowest BCUT2D eigenvalue weighted by Crippen LogP contribution is -2.56. The van der Waals surface area contributed by atoms with Crippen molar-refractivity contribution in [2.45, 2.75) is 43.7 Å². The molecule has 7 heteroatoms. The number of hydrogen-bond acceptors (Lipinski definition) is 6. The first-order valence-corrected chi connectivity index (χ1v) is 11.4. The van der Waals surface area contributed by atoms with Gasteiger partial charge in [0.05, 0.1) is 45.6 Å². The number of piperidine rings is 1. The third-order valence-electron chi connectivity index (χ3n) is 7.23. The predicted molar refractivity (Wildman–Crippen MR) is 124 cm³/mol. The molecule has 4 rings (SSSR count). The first-order valence-electron chi connectivity index (χ1n) is 11.4. The highest BCUT2D eigenvalue weighted by Gasteiger charge is 2.51. The minimum absolute atomic E-state index is 0.0875. The number of nitrogens with zero attached hydrogens (tertiary/aromatic N) is 1. The average molecular weight is 456 g/mol. The minimum atomic E-state index is -0.797. The Hall–Kier alpha value is -2.93. The molecule has 2 aliphatic rings. The second-order valence-electron chi connectivity index (χ2n) is 8.82. The van der Waals surface area contributed by atoms with Crippen LogP contribution in [-0.2, 0) is 0 Å². The lowest BCUT2D eigenvalue weighted by Gasteiger charge is -2.52. The van der Waals surface area contributed by atoms with Gasteiger partial charge < -0.3 is 29.0 Å². The van der Waals surface area contributed by atoms with Crippen molar-refractivity contribution < 1.29 is 28.8 Å². The first-order chi connectivity index (χ1) is 16.0. The zero-order valence-electron chi connectivity index (χ0n) is 19.8. The lowest BCUT2D eigenvalue weighted by atomic mass is 9.66. The second-order valence-corrected chi connectivity index (χ2v) is 8.82. The van der Waals surface area contributed by atoms with Gasteiger partial charge >= 0.3 is 0 Å². The Morgan fingerprint density at radius 3 is 2.24 bits per heavy atom. The summed E-state index contributed by atoms with van der Waals surface area (Å²) in [5.41, 5.74) is 0.551. The SMILES string of the molecule is COc1ccc(C(=O)N2CC[C@@]3(O)CCCC[C@H]3[C@H]2c2ccc(OC)cc2OC)c(OC)c1. The fraction of sp³-hybridized carbons (Fsp3) is 0.500. The molecule has 7 nitrogen and oxygen atoms in total. The van der Waals surface area contributed by atoms with Gasteiger partial charge in [-0.2, -0.15) is 0 Å². The number of methoxy groups -OCH3 is 4. The number of ether oxygens (including phenoxy) is 4. The fourth-order valence-corrected chi connectivity index (χ4v) is 5.49. The molecule has 0 aromatic heterocycles. The van der Waals surface area contributed by atoms with Crippen LogP contribution in [0.1, 0.15) is 54.1 Å². The van der Waals surface area contributed by atoms with Gasteiger partial charge in [-0.3, -0.25) is 4.79 Å². The van der Waals surface area contributed by atoms with E-state index in [0.29, 0.717) is 41.5 Å². The van der Waals surface area contributed by atoms with Crippen molar-refractivity contribution in [3.8, 4) is 23.0 Å². The summed E-state index contributed by atoms with van der Waals surface area (Å²) in [7, 11) is 6.36. The molecule has 1 amide bonds. The molecular formula is C26H33NO6. The molecule has 2 aromatic rings. The van der Waals surface area contributed by atoms with Gasteiger partial charge in [-0.15, -0.1) is 0 Å². The number of amides is 1. The highest BCUT2D eigenvalue weighted by atomic mass is 16.5. The van der Waals surface area contributed by atoms with Crippen LogP contribution in [0.15, 0.2) is 36.4 Å². The standard InChI is InChI=1S/C26H33NO6/c1-30-17-8-10-19(22(15-17)32-3)24-21-7-5-6-12-26(21,29)13-14-27(24)25(28)20-11-9-18(31-2)16-23(20)33-4/h8-11,15-16,21,24,29H,5-7,12-14H2,1-4H3/t21-,24+,26-/m0/s1. The predicted octanol–water partition coefficient (Wildman–Crippen LogP) is 4.23. The van der Waals surface area contributed by atoms with E-state index in [0.717, 1.165) is 31.2 Å². The Kier molecular flexibility index (Phi) is 6.70. The van der Waals surface area contributed by atoms with Crippen molar-refractivity contribution in [3.05, 3.63) is 47.5 Å². The van der Waals surface area contributed by atoms with Gasteiger partial charge in [0.2, 0.25) is 0 Å². The molecule has 1 saturated carbocycles. The van der Waals surface area contributed by atoms with E-state index in [1.165, 1.54) is 0 Å². The maximum atomic E-state index is 13.9. The third-order valence-corrected chi connectivity index (χ3v) is 7.23. The molecular weight excluding hydrogens is 422 g/mol. The van der Waals surface area contributed by atoms with Gasteiger partial charge in [0.1, 0.15) is 23.0 Å². The van der Waals surface area contributed by atoms with Crippen LogP contribution in [0.25, 0.3) is 0 Å². The number of carbonyl (C=O) groups is 1. The van der Waals surface area contributed by atoms with Crippen LogP contribution in [0, 0.1) is 5.92 Å². The zero-order chi connectivity index (χ0) is 23.6. The van der Waals surface area contributed by atoms with Crippen LogP contribution < -0.4 is 18.9 Å². The molecule has 1 aliphatic heterocycles. The Bertz CT molecular complexity index is 1010. The molecule has 1 saturated heterocycles. The smallest absolute Gasteiger partial charge is 0.258 e. The van der Waals surface area contributed by atoms with E-state index in [2.05, 4.69) is 0 Å². The number of aliphatic hydroxyl groups is 1. The van der Waals surface area contributed by atoms with E-state index in [1.54, 1.807) is 46.6 Å². The van der Waals surface area contributed by atoms with Gasteiger partial charge in [0, 0.05) is 30.2 Å². The molecule has 33 heavy (non-hydrogen) atoms. The Morgan fingerprint density at radius 2 is 1.58 bits per heavy atom. The Balaban J connectivity index is 1.81. The molecule has 0 radical (unpaired) electrons. The van der Waals surface area contributed by atoms with Crippen molar-refractivity contribution in [2.75, 3.05) is 35.0 Å². The van der Waals surface area contributed by atoms with Crippen LogP contribution in [-0.4, -0.2) is 56.5 Å². The largest absolute Gasteiger partial charge is 0.497 e. The first kappa shape index (κ1) is 23.2. The van der Waals surface area contributed by atoms with E-state index in [4.69, 9.17) is 18.9 Å². The van der Waals surface area contributed by atoms with Crippen LogP contribution in [0.3, 0.4) is 0 Å². The highest BCUT2D eigenvalue weighted by Crippen LogP contribution is 2.51. The van der Waals surface area contributed by atoms with E-state index in [9.17, 15) is 9.90 Å². The van der Waals surface area contributed by atoms with Crippen molar-refractivity contribution in [1.82, 2.24) is 4.90 Å². The summed E-state index contributed by atoms with van der Waals surface area (Å²) in [6.07, 6.45) is 4.17. The number of hydrogen-bond donors (Lipinski definition) is 1. The molecule has 0 unspecified atom stereocenters. The Labute approximate surface area is 195 Å². The van der Waals surface area contributed by atoms with Crippen LogP contribution in [0.5, 0.6) is 23.0 Å². The molecule has 1 heterocycles. The monoisotopic (exact) mass is 455 g/mol. The summed E-state index contributed by atoms with van der Waals surface area (Å²) >= 11 is 0. The molecule has 0 bridgehead atoms. The number of likely N-dealkylation sites (tertiary alicyclic amines) is 1. The van der Waals surface area contributed by atoms with Crippen molar-refractivity contribution in [2.24, 2.45) is 5.92 Å². The molecule has 3 atom stereocenters. The number of fused-ring (bicyclic) bond motifs is 1. The fourth-order valence-electron chi connectivity index (χ4n) is 5.49. The van der Waals surface area contributed by atoms with Gasteiger partial charge in [-0.25, -0.2) is 0 Å². The summed E-state index contributed by atoms with van der Waals surface area (Å²) in [5, 5.41) is 11.6. The van der Waals surface area contributed by atoms with E-state index < -0.39 is 5.60 Å². The quantitative estimate of drug-likeness (QED) is 0.703. The van der Waals surface area contributed by atoms with Crippen LogP contribution >= 0.6 is 0 Å². The van der Waals surface area contributed by atoms with E-state index in [1.807, 2.05) is 23.1 Å². The summed E-state index contributed by atoms with van der Waals surface area (Å²) in [5.74, 6) is 2.19. The Morgan fingerprint density at radius 1 is 0.909 bits per heavy atom. The highest BCUT2D eigenvalue weighted by molar-refractivity contribution is 5.97. The second kappa shape index (κ2) is 9.51. The average Bonchev–Trinajstić information content (AvgIpc) is 2.86. The topological polar surface area (TPSA) is 77.5 Å². The lowest BCUT2D eigenvalue weighted by molar-refractivity contribution is -0.115. The molecule has 1 aliphatic carbocycles. The molecule has 0 spiro atoms. The van der Waals surface area contributed by atoms with Gasteiger partial charge in [0.25, 0.3) is 5.91 Å². The summed E-state index contributed by atoms with van der Waals surface area (Å²) < 4.78 is 21.9.